The summed E-state index contributed by atoms with van der Waals surface area (Å²) < 4.78 is 94.8. The van der Waals surface area contributed by atoms with Gasteiger partial charge >= 0.3 is 12.4 Å². The Morgan fingerprint density at radius 2 is 1.50 bits per heavy atom. The van der Waals surface area contributed by atoms with Gasteiger partial charge in [-0.3, -0.25) is 4.79 Å². The number of alkyl halides is 6. The number of pyridine rings is 1. The highest BCUT2D eigenvalue weighted by molar-refractivity contribution is 6.03. The number of carbonyl (C=O) groups excluding carboxylic acids is 1. The number of aryl methyl sites for hydroxylation is 1. The number of nitrogens with zero attached hydrogens (tertiary/aromatic N) is 2. The fourth-order valence-electron chi connectivity index (χ4n) is 4.18. The van der Waals surface area contributed by atoms with Gasteiger partial charge in [-0.15, -0.1) is 0 Å². The first kappa shape index (κ1) is 30.9. The molecule has 5 nitrogen and oxygen atoms in total. The van der Waals surface area contributed by atoms with E-state index >= 15 is 0 Å². The zero-order chi connectivity index (χ0) is 30.2. The van der Waals surface area contributed by atoms with Gasteiger partial charge in [-0.25, -0.2) is 9.37 Å². The molecule has 0 aliphatic rings. The van der Waals surface area contributed by atoms with Crippen LogP contribution in [0, 0.1) is 12.7 Å². The van der Waals surface area contributed by atoms with Crippen molar-refractivity contribution in [2.24, 2.45) is 0 Å². The molecular formula is C28H28F7N3O2. The van der Waals surface area contributed by atoms with Gasteiger partial charge in [0.05, 0.1) is 34.5 Å². The lowest BCUT2D eigenvalue weighted by Crippen LogP contribution is -2.42. The van der Waals surface area contributed by atoms with E-state index in [9.17, 15) is 40.6 Å². The van der Waals surface area contributed by atoms with Crippen molar-refractivity contribution in [2.75, 3.05) is 23.8 Å². The Morgan fingerprint density at radius 3 is 2.00 bits per heavy atom. The number of hydrogen-bond donors (Lipinski definition) is 2. The van der Waals surface area contributed by atoms with Gasteiger partial charge in [0.15, 0.2) is 0 Å². The summed E-state index contributed by atoms with van der Waals surface area (Å²) in [6.45, 7) is 5.80. The molecule has 3 aromatic rings. The fourth-order valence-corrected chi connectivity index (χ4v) is 4.18. The van der Waals surface area contributed by atoms with E-state index in [2.05, 4.69) is 10.3 Å². The zero-order valence-electron chi connectivity index (χ0n) is 22.3. The molecule has 0 aliphatic carbocycles. The summed E-state index contributed by atoms with van der Waals surface area (Å²) in [5, 5.41) is 12.5. The van der Waals surface area contributed by atoms with Crippen LogP contribution in [-0.4, -0.2) is 35.7 Å². The molecule has 216 valence electrons. The molecule has 0 spiro atoms. The van der Waals surface area contributed by atoms with E-state index in [0.717, 1.165) is 4.90 Å². The molecule has 0 bridgehead atoms. The maximum atomic E-state index is 13.8. The lowest BCUT2D eigenvalue weighted by Gasteiger charge is -2.32. The summed E-state index contributed by atoms with van der Waals surface area (Å²) in [6.07, 6.45) is -9.55. The van der Waals surface area contributed by atoms with Crippen molar-refractivity contribution >= 4 is 17.4 Å². The van der Waals surface area contributed by atoms with Gasteiger partial charge in [0.25, 0.3) is 0 Å². The van der Waals surface area contributed by atoms with E-state index in [1.165, 1.54) is 45.3 Å². The van der Waals surface area contributed by atoms with Crippen LogP contribution >= 0.6 is 0 Å². The van der Waals surface area contributed by atoms with Gasteiger partial charge in [-0.1, -0.05) is 6.07 Å². The number of aliphatic hydroxyl groups is 1. The molecule has 1 aromatic heterocycles. The minimum absolute atomic E-state index is 0.00602. The van der Waals surface area contributed by atoms with E-state index in [4.69, 9.17) is 0 Å². The van der Waals surface area contributed by atoms with Crippen LogP contribution in [-0.2, 0) is 22.6 Å². The molecule has 0 saturated carbocycles. The number of carbonyl (C=O) groups is 1. The molecule has 1 heterocycles. The Balaban J connectivity index is 2.14. The van der Waals surface area contributed by atoms with E-state index < -0.39 is 52.3 Å². The molecule has 40 heavy (non-hydrogen) atoms. The minimum Gasteiger partial charge on any atom is -0.392 e. The van der Waals surface area contributed by atoms with Crippen LogP contribution in [0.1, 0.15) is 43.0 Å². The average Bonchev–Trinajstić information content (AvgIpc) is 2.85. The monoisotopic (exact) mass is 571 g/mol. The van der Waals surface area contributed by atoms with Gasteiger partial charge in [-0.05, 0) is 80.8 Å². The summed E-state index contributed by atoms with van der Waals surface area (Å²) in [7, 11) is 1.32. The lowest BCUT2D eigenvalue weighted by atomic mass is 9.81. The first-order valence-electron chi connectivity index (χ1n) is 12.1. The number of anilines is 2. The second-order valence-electron chi connectivity index (χ2n) is 10.1. The highest BCUT2D eigenvalue weighted by atomic mass is 19.4. The Bertz CT molecular complexity index is 1370. The molecule has 12 heteroatoms. The van der Waals surface area contributed by atoms with Crippen LogP contribution in [0.4, 0.5) is 42.2 Å². The molecule has 0 radical (unpaired) electrons. The van der Waals surface area contributed by atoms with Gasteiger partial charge in [0, 0.05) is 19.2 Å². The van der Waals surface area contributed by atoms with Crippen molar-refractivity contribution in [3.8, 4) is 11.1 Å². The number of amides is 1. The van der Waals surface area contributed by atoms with Gasteiger partial charge in [-0.2, -0.15) is 26.3 Å². The smallest absolute Gasteiger partial charge is 0.392 e. The third-order valence-electron chi connectivity index (χ3n) is 6.45. The number of rotatable bonds is 7. The quantitative estimate of drug-likeness (QED) is 0.301. The number of halogens is 7. The first-order chi connectivity index (χ1) is 18.3. The van der Waals surface area contributed by atoms with E-state index in [0.29, 0.717) is 34.6 Å². The summed E-state index contributed by atoms with van der Waals surface area (Å²) in [6, 6.07) is 6.60. The maximum absolute atomic E-state index is 13.8. The molecular weight excluding hydrogens is 543 g/mol. The maximum Gasteiger partial charge on any atom is 0.416 e. The Hall–Kier alpha value is -3.67. The number of aliphatic hydroxyl groups excluding tert-OH is 1. The first-order valence-corrected chi connectivity index (χ1v) is 12.1. The van der Waals surface area contributed by atoms with Crippen molar-refractivity contribution in [1.29, 1.82) is 0 Å². The summed E-state index contributed by atoms with van der Waals surface area (Å²) >= 11 is 0. The van der Waals surface area contributed by atoms with Gasteiger partial charge in [0.2, 0.25) is 5.91 Å². The molecule has 3 rings (SSSR count). The molecule has 1 unspecified atom stereocenters. The van der Waals surface area contributed by atoms with Crippen molar-refractivity contribution in [3.63, 3.8) is 0 Å². The molecule has 0 fully saturated rings. The second-order valence-corrected chi connectivity index (χ2v) is 10.1. The SMILES string of the molecule is Cc1cc(F)ccc1-c1cc(NCC(C)O)ncc1N(C)C(=O)C(C)(C)c1cc(C(F)(F)F)cc(C(F)(F)F)c1. The van der Waals surface area contributed by atoms with E-state index in [1.807, 2.05) is 0 Å². The summed E-state index contributed by atoms with van der Waals surface area (Å²) in [5.41, 5.74) is -3.79. The topological polar surface area (TPSA) is 65.5 Å². The normalized spacial score (nSPS) is 13.2. The van der Waals surface area contributed by atoms with Crippen LogP contribution in [0.5, 0.6) is 0 Å². The number of aromatic nitrogens is 1. The molecule has 1 amide bonds. The second kappa shape index (κ2) is 11.1. The van der Waals surface area contributed by atoms with Crippen molar-refractivity contribution in [3.05, 3.63) is 76.7 Å². The number of hydrogen-bond acceptors (Lipinski definition) is 4. The van der Waals surface area contributed by atoms with Crippen LogP contribution in [0.15, 0.2) is 48.7 Å². The summed E-state index contributed by atoms with van der Waals surface area (Å²) in [5.74, 6) is -0.997. The van der Waals surface area contributed by atoms with Gasteiger partial charge < -0.3 is 15.3 Å². The third kappa shape index (κ3) is 6.72. The van der Waals surface area contributed by atoms with Crippen LogP contribution < -0.4 is 10.2 Å². The van der Waals surface area contributed by atoms with Crippen LogP contribution in [0.25, 0.3) is 11.1 Å². The molecule has 0 aliphatic heterocycles. The predicted octanol–water partition coefficient (Wildman–Crippen LogP) is 6.97. The van der Waals surface area contributed by atoms with Gasteiger partial charge in [0.1, 0.15) is 11.6 Å². The highest BCUT2D eigenvalue weighted by Gasteiger charge is 2.41. The largest absolute Gasteiger partial charge is 0.416 e. The van der Waals surface area contributed by atoms with Crippen molar-refractivity contribution < 1.29 is 40.6 Å². The number of nitrogens with one attached hydrogen (secondary N) is 1. The molecule has 2 aromatic carbocycles. The predicted molar refractivity (Wildman–Crippen MR) is 137 cm³/mol. The Labute approximate surface area is 226 Å². The minimum atomic E-state index is -5.08. The lowest BCUT2D eigenvalue weighted by molar-refractivity contribution is -0.143. The standard InChI is InChI=1S/C28H28F7N3O2/c1-15-8-20(29)6-7-21(15)22-12-24(36-13-16(2)39)37-14-23(22)38(5)25(40)26(3,4)17-9-18(27(30,31)32)11-19(10-17)28(33,34)35/h6-12,14,16,39H,13H2,1-5H3,(H,36,37). The third-order valence-corrected chi connectivity index (χ3v) is 6.45. The Kier molecular flexibility index (Phi) is 8.54. The zero-order valence-corrected chi connectivity index (χ0v) is 22.3. The average molecular weight is 572 g/mol. The number of benzene rings is 2. The molecule has 1 atom stereocenters. The Morgan fingerprint density at radius 1 is 0.950 bits per heavy atom. The van der Waals surface area contributed by atoms with Crippen molar-refractivity contribution in [1.82, 2.24) is 4.98 Å². The highest BCUT2D eigenvalue weighted by Crippen LogP contribution is 2.41. The fraction of sp³-hybridized carbons (Fsp3) is 0.357. The van der Waals surface area contributed by atoms with Crippen LogP contribution in [0.2, 0.25) is 0 Å². The van der Waals surface area contributed by atoms with Crippen molar-refractivity contribution in [2.45, 2.75) is 51.6 Å². The van der Waals surface area contributed by atoms with E-state index in [1.54, 1.807) is 19.9 Å². The van der Waals surface area contributed by atoms with Crippen LogP contribution in [0.3, 0.4) is 0 Å². The van der Waals surface area contributed by atoms with E-state index in [-0.39, 0.29) is 18.3 Å². The summed E-state index contributed by atoms with van der Waals surface area (Å²) in [4.78, 5) is 19.1. The molecule has 2 N–H and O–H groups in total. The molecule has 0 saturated heterocycles. The number of likely N-dealkylation sites (N-methyl/N-ethyl adjacent to an activating group) is 1.